The van der Waals surface area contributed by atoms with Crippen LogP contribution in [0.15, 0.2) is 59.1 Å². The number of amides is 1. The summed E-state index contributed by atoms with van der Waals surface area (Å²) in [5, 5.41) is 4.60. The molecule has 4 aromatic rings. The van der Waals surface area contributed by atoms with Crippen molar-refractivity contribution in [2.45, 2.75) is 12.3 Å². The lowest BCUT2D eigenvalue weighted by atomic mass is 10.00. The van der Waals surface area contributed by atoms with E-state index in [1.165, 1.54) is 11.3 Å². The predicted octanol–water partition coefficient (Wildman–Crippen LogP) is 3.51. The zero-order chi connectivity index (χ0) is 18.2. The average Bonchev–Trinajstić information content (AvgIpc) is 3.28. The van der Waals surface area contributed by atoms with Crippen LogP contribution in [-0.4, -0.2) is 39.0 Å². The summed E-state index contributed by atoms with van der Waals surface area (Å²) in [7, 11) is 0. The van der Waals surface area contributed by atoms with E-state index < -0.39 is 0 Å². The standard InChI is InChI=1S/C20H16N4O2S/c25-20(19-21-15-8-4-5-9-16(15)27-19)24-11-14(12-24)18-22-17(23-26-18)10-13-6-2-1-3-7-13/h1-9,14H,10-12H2. The molecule has 7 heteroatoms. The van der Waals surface area contributed by atoms with Gasteiger partial charge in [-0.25, -0.2) is 4.98 Å². The molecular weight excluding hydrogens is 360 g/mol. The summed E-state index contributed by atoms with van der Waals surface area (Å²) in [6.45, 7) is 1.17. The topological polar surface area (TPSA) is 72.1 Å². The monoisotopic (exact) mass is 376 g/mol. The fourth-order valence-corrected chi connectivity index (χ4v) is 4.12. The van der Waals surface area contributed by atoms with Gasteiger partial charge in [0.05, 0.1) is 16.1 Å². The number of aromatic nitrogens is 3. The number of benzene rings is 2. The fraction of sp³-hybridized carbons (Fsp3) is 0.200. The normalized spacial score (nSPS) is 14.4. The molecule has 5 rings (SSSR count). The Morgan fingerprint density at radius 3 is 2.67 bits per heavy atom. The molecule has 134 valence electrons. The number of fused-ring (bicyclic) bond motifs is 1. The zero-order valence-electron chi connectivity index (χ0n) is 14.4. The van der Waals surface area contributed by atoms with Crippen LogP contribution in [0.4, 0.5) is 0 Å². The van der Waals surface area contributed by atoms with Crippen molar-refractivity contribution in [2.75, 3.05) is 13.1 Å². The minimum Gasteiger partial charge on any atom is -0.339 e. The molecule has 0 aliphatic carbocycles. The van der Waals surface area contributed by atoms with E-state index in [0.29, 0.717) is 36.2 Å². The first-order chi connectivity index (χ1) is 13.3. The number of hydrogen-bond acceptors (Lipinski definition) is 6. The highest BCUT2D eigenvalue weighted by Gasteiger charge is 2.37. The van der Waals surface area contributed by atoms with E-state index in [1.807, 2.05) is 54.6 Å². The summed E-state index contributed by atoms with van der Waals surface area (Å²) in [5.41, 5.74) is 2.01. The first-order valence-corrected chi connectivity index (χ1v) is 9.59. The summed E-state index contributed by atoms with van der Waals surface area (Å²) in [4.78, 5) is 23.3. The molecule has 6 nitrogen and oxygen atoms in total. The molecule has 2 aromatic heterocycles. The van der Waals surface area contributed by atoms with Gasteiger partial charge in [0.15, 0.2) is 10.8 Å². The highest BCUT2D eigenvalue weighted by molar-refractivity contribution is 7.20. The number of hydrogen-bond donors (Lipinski definition) is 0. The van der Waals surface area contributed by atoms with Crippen LogP contribution in [0, 0.1) is 0 Å². The highest BCUT2D eigenvalue weighted by Crippen LogP contribution is 2.29. The summed E-state index contributed by atoms with van der Waals surface area (Å²) in [5.74, 6) is 1.35. The molecule has 0 radical (unpaired) electrons. The Labute approximate surface area is 159 Å². The Morgan fingerprint density at radius 2 is 1.85 bits per heavy atom. The van der Waals surface area contributed by atoms with E-state index in [1.54, 1.807) is 4.90 Å². The molecule has 0 atom stereocenters. The zero-order valence-corrected chi connectivity index (χ0v) is 15.2. The molecule has 1 amide bonds. The van der Waals surface area contributed by atoms with Gasteiger partial charge in [-0.2, -0.15) is 4.98 Å². The number of rotatable bonds is 4. The molecule has 0 N–H and O–H groups in total. The van der Waals surface area contributed by atoms with Gasteiger partial charge in [-0.15, -0.1) is 11.3 Å². The Kier molecular flexibility index (Phi) is 3.94. The molecule has 1 saturated heterocycles. The number of carbonyl (C=O) groups excluding carboxylic acids is 1. The van der Waals surface area contributed by atoms with Crippen LogP contribution >= 0.6 is 11.3 Å². The lowest BCUT2D eigenvalue weighted by molar-refractivity contribution is 0.0569. The smallest absolute Gasteiger partial charge is 0.282 e. The molecule has 1 fully saturated rings. The van der Waals surface area contributed by atoms with Gasteiger partial charge >= 0.3 is 0 Å². The maximum Gasteiger partial charge on any atom is 0.282 e. The van der Waals surface area contributed by atoms with Crippen LogP contribution in [0.3, 0.4) is 0 Å². The largest absolute Gasteiger partial charge is 0.339 e. The third kappa shape index (κ3) is 3.10. The number of para-hydroxylation sites is 1. The van der Waals surface area contributed by atoms with Gasteiger partial charge in [-0.3, -0.25) is 4.79 Å². The second-order valence-corrected chi connectivity index (χ2v) is 7.64. The van der Waals surface area contributed by atoms with Crippen LogP contribution in [0.2, 0.25) is 0 Å². The third-order valence-corrected chi connectivity index (χ3v) is 5.71. The van der Waals surface area contributed by atoms with Crippen molar-refractivity contribution in [3.63, 3.8) is 0 Å². The number of nitrogens with zero attached hydrogens (tertiary/aromatic N) is 4. The van der Waals surface area contributed by atoms with Crippen LogP contribution in [0.1, 0.15) is 33.0 Å². The van der Waals surface area contributed by atoms with Gasteiger partial charge in [-0.05, 0) is 17.7 Å². The SMILES string of the molecule is O=C(c1nc2ccccc2s1)N1CC(c2nc(Cc3ccccc3)no2)C1. The average molecular weight is 376 g/mol. The number of likely N-dealkylation sites (tertiary alicyclic amines) is 1. The molecule has 27 heavy (non-hydrogen) atoms. The van der Waals surface area contributed by atoms with E-state index in [0.717, 1.165) is 15.8 Å². The van der Waals surface area contributed by atoms with Crippen LogP contribution in [0.5, 0.6) is 0 Å². The molecule has 3 heterocycles. The second-order valence-electron chi connectivity index (χ2n) is 6.61. The molecule has 0 unspecified atom stereocenters. The minimum absolute atomic E-state index is 0.0310. The first kappa shape index (κ1) is 16.1. The van der Waals surface area contributed by atoms with Crippen LogP contribution in [0.25, 0.3) is 10.2 Å². The lowest BCUT2D eigenvalue weighted by Crippen LogP contribution is -2.48. The predicted molar refractivity (Wildman–Crippen MR) is 102 cm³/mol. The van der Waals surface area contributed by atoms with Crippen molar-refractivity contribution < 1.29 is 9.32 Å². The highest BCUT2D eigenvalue weighted by atomic mass is 32.1. The molecular formula is C20H16N4O2S. The molecule has 0 spiro atoms. The summed E-state index contributed by atoms with van der Waals surface area (Å²) >= 11 is 1.43. The molecule has 0 saturated carbocycles. The van der Waals surface area contributed by atoms with Crippen molar-refractivity contribution in [3.8, 4) is 0 Å². The Morgan fingerprint density at radius 1 is 1.07 bits per heavy atom. The Bertz CT molecular complexity index is 1070. The molecule has 2 aromatic carbocycles. The second kappa shape index (κ2) is 6.59. The van der Waals surface area contributed by atoms with Crippen molar-refractivity contribution in [1.29, 1.82) is 0 Å². The van der Waals surface area contributed by atoms with Crippen molar-refractivity contribution in [2.24, 2.45) is 0 Å². The van der Waals surface area contributed by atoms with E-state index in [-0.39, 0.29) is 11.8 Å². The van der Waals surface area contributed by atoms with Crippen LogP contribution < -0.4 is 0 Å². The lowest BCUT2D eigenvalue weighted by Gasteiger charge is -2.36. The molecule has 0 bridgehead atoms. The molecule has 1 aliphatic heterocycles. The van der Waals surface area contributed by atoms with Gasteiger partial charge in [0.25, 0.3) is 5.91 Å². The van der Waals surface area contributed by atoms with Crippen LogP contribution in [-0.2, 0) is 6.42 Å². The third-order valence-electron chi connectivity index (χ3n) is 4.68. The van der Waals surface area contributed by atoms with Crippen molar-refractivity contribution in [3.05, 3.63) is 76.9 Å². The summed E-state index contributed by atoms with van der Waals surface area (Å²) < 4.78 is 6.44. The summed E-state index contributed by atoms with van der Waals surface area (Å²) in [6, 6.07) is 17.8. The minimum atomic E-state index is -0.0310. The van der Waals surface area contributed by atoms with E-state index in [9.17, 15) is 4.79 Å². The quantitative estimate of drug-likeness (QED) is 0.545. The van der Waals surface area contributed by atoms with Gasteiger partial charge < -0.3 is 9.42 Å². The Balaban J connectivity index is 1.23. The van der Waals surface area contributed by atoms with E-state index in [4.69, 9.17) is 4.52 Å². The summed E-state index contributed by atoms with van der Waals surface area (Å²) in [6.07, 6.45) is 0.644. The maximum atomic E-state index is 12.6. The van der Waals surface area contributed by atoms with E-state index in [2.05, 4.69) is 15.1 Å². The first-order valence-electron chi connectivity index (χ1n) is 8.77. The van der Waals surface area contributed by atoms with Gasteiger partial charge in [-0.1, -0.05) is 47.6 Å². The maximum absolute atomic E-state index is 12.6. The van der Waals surface area contributed by atoms with Gasteiger partial charge in [0.1, 0.15) is 0 Å². The van der Waals surface area contributed by atoms with Crippen molar-refractivity contribution in [1.82, 2.24) is 20.0 Å². The number of thiazole rings is 1. The van der Waals surface area contributed by atoms with Gasteiger partial charge in [0.2, 0.25) is 5.89 Å². The number of carbonyl (C=O) groups is 1. The van der Waals surface area contributed by atoms with E-state index >= 15 is 0 Å². The molecule has 1 aliphatic rings. The fourth-order valence-electron chi connectivity index (χ4n) is 3.18. The van der Waals surface area contributed by atoms with Gasteiger partial charge in [0, 0.05) is 19.5 Å². The Hall–Kier alpha value is -3.06. The van der Waals surface area contributed by atoms with Crippen molar-refractivity contribution >= 4 is 27.5 Å².